The van der Waals surface area contributed by atoms with Crippen LogP contribution in [0.25, 0.3) is 0 Å². The molecule has 0 radical (unpaired) electrons. The van der Waals surface area contributed by atoms with Crippen LogP contribution in [0.1, 0.15) is 26.7 Å². The van der Waals surface area contributed by atoms with Crippen molar-refractivity contribution >= 4 is 10.0 Å². The lowest BCUT2D eigenvalue weighted by atomic mass is 9.55. The number of hydrogen-bond donors (Lipinski definition) is 2. The summed E-state index contributed by atoms with van der Waals surface area (Å²) in [7, 11) is -3.41. The van der Waals surface area contributed by atoms with E-state index in [0.717, 1.165) is 13.0 Å². The first-order valence-electron chi connectivity index (χ1n) is 8.32. The molecule has 1 aromatic rings. The lowest BCUT2D eigenvalue weighted by molar-refractivity contribution is -0.192. The number of nitrogens with one attached hydrogen (secondary N) is 2. The molecule has 1 aromatic carbocycles. The van der Waals surface area contributed by atoms with Gasteiger partial charge in [0.25, 0.3) is 0 Å². The highest BCUT2D eigenvalue weighted by Crippen LogP contribution is 2.51. The Labute approximate surface area is 138 Å². The van der Waals surface area contributed by atoms with Crippen molar-refractivity contribution < 1.29 is 13.2 Å². The van der Waals surface area contributed by atoms with Gasteiger partial charge >= 0.3 is 0 Å². The molecule has 0 amide bonds. The molecule has 0 aromatic heterocycles. The molecule has 2 fully saturated rings. The normalized spacial score (nSPS) is 29.6. The summed E-state index contributed by atoms with van der Waals surface area (Å²) in [5.41, 5.74) is 0.114. The first kappa shape index (κ1) is 16.9. The Balaban J connectivity index is 1.49. The highest BCUT2D eigenvalue weighted by molar-refractivity contribution is 7.89. The maximum Gasteiger partial charge on any atom is 0.240 e. The third-order valence-corrected chi connectivity index (χ3v) is 6.64. The molecule has 1 saturated carbocycles. The molecule has 3 rings (SSSR count). The Morgan fingerprint density at radius 1 is 1.22 bits per heavy atom. The van der Waals surface area contributed by atoms with E-state index in [-0.39, 0.29) is 5.41 Å². The fraction of sp³-hybridized carbons (Fsp3) is 0.647. The van der Waals surface area contributed by atoms with Crippen LogP contribution in [-0.2, 0) is 14.8 Å². The van der Waals surface area contributed by atoms with Crippen molar-refractivity contribution in [3.05, 3.63) is 30.3 Å². The summed E-state index contributed by atoms with van der Waals surface area (Å²) >= 11 is 0. The quantitative estimate of drug-likeness (QED) is 0.776. The third kappa shape index (κ3) is 3.31. The highest BCUT2D eigenvalue weighted by Gasteiger charge is 2.57. The van der Waals surface area contributed by atoms with Crippen molar-refractivity contribution in [2.75, 3.05) is 19.7 Å². The van der Waals surface area contributed by atoms with E-state index in [9.17, 15) is 8.42 Å². The topological polar surface area (TPSA) is 67.4 Å². The van der Waals surface area contributed by atoms with Crippen molar-refractivity contribution in [3.8, 4) is 0 Å². The molecule has 6 heteroatoms. The molecule has 0 spiro atoms. The number of rotatable bonds is 6. The van der Waals surface area contributed by atoms with Gasteiger partial charge in [-0.1, -0.05) is 32.0 Å². The summed E-state index contributed by atoms with van der Waals surface area (Å²) in [6.07, 6.45) is 2.66. The molecule has 1 aliphatic heterocycles. The highest BCUT2D eigenvalue weighted by atomic mass is 32.2. The fourth-order valence-electron chi connectivity index (χ4n) is 4.03. The predicted octanol–water partition coefficient (Wildman–Crippen LogP) is 1.76. The second kappa shape index (κ2) is 6.51. The number of hydrogen-bond acceptors (Lipinski definition) is 4. The second-order valence-corrected chi connectivity index (χ2v) is 8.83. The van der Waals surface area contributed by atoms with Crippen LogP contribution in [0, 0.1) is 11.3 Å². The molecule has 23 heavy (non-hydrogen) atoms. The number of benzene rings is 1. The first-order chi connectivity index (χ1) is 10.9. The van der Waals surface area contributed by atoms with E-state index in [2.05, 4.69) is 23.9 Å². The fourth-order valence-corrected chi connectivity index (χ4v) is 5.09. The Bertz CT molecular complexity index is 630. The van der Waals surface area contributed by atoms with Gasteiger partial charge in [-0.25, -0.2) is 13.1 Å². The van der Waals surface area contributed by atoms with Gasteiger partial charge in [0, 0.05) is 37.1 Å². The van der Waals surface area contributed by atoms with Crippen LogP contribution in [-0.4, -0.2) is 40.3 Å². The Kier molecular flexibility index (Phi) is 4.78. The van der Waals surface area contributed by atoms with Crippen molar-refractivity contribution in [2.45, 2.75) is 43.7 Å². The molecule has 1 heterocycles. The van der Waals surface area contributed by atoms with Crippen LogP contribution in [0.3, 0.4) is 0 Å². The minimum Gasteiger partial charge on any atom is -0.377 e. The minimum absolute atomic E-state index is 0.114. The summed E-state index contributed by atoms with van der Waals surface area (Å²) in [6.45, 7) is 6.34. The van der Waals surface area contributed by atoms with E-state index in [1.807, 2.05) is 6.07 Å². The summed E-state index contributed by atoms with van der Waals surface area (Å²) in [4.78, 5) is 0.310. The zero-order valence-electron chi connectivity index (χ0n) is 13.8. The van der Waals surface area contributed by atoms with Gasteiger partial charge in [0.15, 0.2) is 0 Å². The Morgan fingerprint density at radius 3 is 2.70 bits per heavy atom. The monoisotopic (exact) mass is 338 g/mol. The van der Waals surface area contributed by atoms with Crippen LogP contribution >= 0.6 is 0 Å². The maximum absolute atomic E-state index is 12.2. The van der Waals surface area contributed by atoms with Crippen molar-refractivity contribution in [2.24, 2.45) is 11.3 Å². The van der Waals surface area contributed by atoms with Crippen LogP contribution in [0.15, 0.2) is 35.2 Å². The standard InChI is InChI=1S/C17H26N2O3S/c1-17(2)15(14-9-6-12-22-16(14)17)18-10-11-19-23(20,21)13-7-4-3-5-8-13/h3-5,7-8,14-16,18-19H,6,9-12H2,1-2H3. The molecule has 2 N–H and O–H groups in total. The minimum atomic E-state index is -3.41. The molecule has 5 nitrogen and oxygen atoms in total. The van der Waals surface area contributed by atoms with Crippen molar-refractivity contribution in [1.29, 1.82) is 0 Å². The molecule has 2 aliphatic rings. The summed E-state index contributed by atoms with van der Waals surface area (Å²) in [5, 5.41) is 3.53. The largest absolute Gasteiger partial charge is 0.377 e. The van der Waals surface area contributed by atoms with Gasteiger partial charge in [-0.15, -0.1) is 0 Å². The van der Waals surface area contributed by atoms with Crippen molar-refractivity contribution in [3.63, 3.8) is 0 Å². The van der Waals surface area contributed by atoms with E-state index in [1.165, 1.54) is 6.42 Å². The van der Waals surface area contributed by atoms with Crippen LogP contribution in [0.5, 0.6) is 0 Å². The van der Waals surface area contributed by atoms with Crippen molar-refractivity contribution in [1.82, 2.24) is 10.0 Å². The molecular formula is C17H26N2O3S. The predicted molar refractivity (Wildman–Crippen MR) is 89.7 cm³/mol. The van der Waals surface area contributed by atoms with Crippen LogP contribution in [0.4, 0.5) is 0 Å². The van der Waals surface area contributed by atoms with Crippen LogP contribution < -0.4 is 10.0 Å². The van der Waals surface area contributed by atoms with Gasteiger partial charge in [-0.3, -0.25) is 0 Å². The van der Waals surface area contributed by atoms with E-state index >= 15 is 0 Å². The smallest absolute Gasteiger partial charge is 0.240 e. The molecule has 0 bridgehead atoms. The Morgan fingerprint density at radius 2 is 1.96 bits per heavy atom. The molecule has 1 saturated heterocycles. The van der Waals surface area contributed by atoms with Gasteiger partial charge in [-0.2, -0.15) is 0 Å². The number of ether oxygens (including phenoxy) is 1. The summed E-state index contributed by atoms with van der Waals surface area (Å²) in [5.74, 6) is 0.560. The second-order valence-electron chi connectivity index (χ2n) is 7.06. The first-order valence-corrected chi connectivity index (χ1v) is 9.81. The van der Waals surface area contributed by atoms with Gasteiger partial charge in [0.1, 0.15) is 0 Å². The van der Waals surface area contributed by atoms with Gasteiger partial charge in [-0.05, 0) is 25.0 Å². The van der Waals surface area contributed by atoms with E-state index in [1.54, 1.807) is 24.3 Å². The lowest BCUT2D eigenvalue weighted by Gasteiger charge is -2.60. The summed E-state index contributed by atoms with van der Waals surface area (Å²) in [6, 6.07) is 8.87. The van der Waals surface area contributed by atoms with E-state index < -0.39 is 10.0 Å². The average molecular weight is 338 g/mol. The summed E-state index contributed by atoms with van der Waals surface area (Å²) < 4.78 is 32.9. The van der Waals surface area contributed by atoms with Crippen LogP contribution in [0.2, 0.25) is 0 Å². The third-order valence-electron chi connectivity index (χ3n) is 5.17. The molecule has 1 aliphatic carbocycles. The molecule has 3 atom stereocenters. The lowest BCUT2D eigenvalue weighted by Crippen LogP contribution is -2.69. The maximum atomic E-state index is 12.2. The Hall–Kier alpha value is -0.950. The SMILES string of the molecule is CC1(C)C(NCCNS(=O)(=O)c2ccccc2)C2CCCOC21. The van der Waals surface area contributed by atoms with E-state index in [0.29, 0.717) is 36.0 Å². The zero-order chi connectivity index (χ0) is 16.5. The molecule has 128 valence electrons. The van der Waals surface area contributed by atoms with Gasteiger partial charge in [0.2, 0.25) is 10.0 Å². The molecular weight excluding hydrogens is 312 g/mol. The van der Waals surface area contributed by atoms with Gasteiger partial charge < -0.3 is 10.1 Å². The molecule has 3 unspecified atom stereocenters. The van der Waals surface area contributed by atoms with Gasteiger partial charge in [0.05, 0.1) is 11.0 Å². The van der Waals surface area contributed by atoms with E-state index in [4.69, 9.17) is 4.74 Å². The number of fused-ring (bicyclic) bond motifs is 1. The zero-order valence-corrected chi connectivity index (χ0v) is 14.6. The average Bonchev–Trinajstić information content (AvgIpc) is 2.55. The number of sulfonamides is 1.